The summed E-state index contributed by atoms with van der Waals surface area (Å²) in [5, 5.41) is 91.9. The van der Waals surface area contributed by atoms with E-state index in [1.807, 2.05) is 0 Å². The fourth-order valence-electron chi connectivity index (χ4n) is 0.420. The number of rotatable bonds is 3. The maximum Gasteiger partial charge on any atom is 1.00 e. The van der Waals surface area contributed by atoms with Crippen LogP contribution >= 0.6 is 0 Å². The first-order valence-electron chi connectivity index (χ1n) is 9.39. The van der Waals surface area contributed by atoms with Crippen molar-refractivity contribution in [2.24, 2.45) is 0 Å². The molecule has 3 atom stereocenters. The summed E-state index contributed by atoms with van der Waals surface area (Å²) in [6.45, 7) is 0. The Morgan fingerprint density at radius 2 is 0.442 bits per heavy atom. The Morgan fingerprint density at radius 1 is 0.365 bits per heavy atom. The third-order valence-electron chi connectivity index (χ3n) is 2.06. The summed E-state index contributed by atoms with van der Waals surface area (Å²) >= 11 is 0. The molecule has 288 valence electrons. The molecule has 0 amide bonds. The van der Waals surface area contributed by atoms with Gasteiger partial charge in [-0.3, -0.25) is 7.32 Å². The number of carboxylic acid groups (broad SMARTS) is 9. The van der Waals surface area contributed by atoms with Crippen molar-refractivity contribution >= 4 is 61.0 Å². The Balaban J connectivity index is -0.0000000497. The second-order valence-electron chi connectivity index (χ2n) is 5.85. The first kappa shape index (κ1) is 73.5. The maximum atomic E-state index is 11.3. The molecule has 0 fully saturated rings. The smallest absolute Gasteiger partial charge is 0.907 e. The molecule has 0 spiro atoms. The Bertz CT molecular complexity index is 938. The van der Waals surface area contributed by atoms with Crippen LogP contribution in [-0.4, -0.2) is 144 Å². The van der Waals surface area contributed by atoms with E-state index in [1.54, 1.807) is 0 Å². The molecule has 52 heavy (non-hydrogen) atoms. The van der Waals surface area contributed by atoms with Crippen LogP contribution in [0.2, 0.25) is 0 Å². The molecule has 0 rings (SSSR count). The molecule has 3 unspecified atom stereocenters. The molecule has 0 heterocycles. The molecule has 21 nitrogen and oxygen atoms in total. The third kappa shape index (κ3) is 64.6. The van der Waals surface area contributed by atoms with Crippen molar-refractivity contribution in [1.82, 2.24) is 0 Å². The van der Waals surface area contributed by atoms with Gasteiger partial charge in [-0.05, 0) is 0 Å². The topological polar surface area (TPSA) is 405 Å². The predicted octanol–water partition coefficient (Wildman–Crippen LogP) is -12.6. The summed E-state index contributed by atoms with van der Waals surface area (Å²) in [7, 11) is -2.92. The number of carbonyl (C=O) groups is 9. The molecule has 0 aromatic carbocycles. The summed E-state index contributed by atoms with van der Waals surface area (Å²) in [5.74, 6) is -18.5. The van der Waals surface area contributed by atoms with Crippen LogP contribution in [0.3, 0.4) is 0 Å². The summed E-state index contributed by atoms with van der Waals surface area (Å²) in [6, 6.07) is 0. The van der Waals surface area contributed by atoms with E-state index in [0.717, 1.165) is 0 Å². The molecular weight excluding hydrogens is 776 g/mol. The Hall–Kier alpha value is -3.87. The largest absolute Gasteiger partial charge is 1.00 e. The monoisotopic (exact) mass is 788 g/mol. The van der Waals surface area contributed by atoms with E-state index < -0.39 is 98.1 Å². The van der Waals surface area contributed by atoms with Gasteiger partial charge in [-0.1, -0.05) is 0 Å². The van der Waals surface area contributed by atoms with Crippen molar-refractivity contribution < 1.29 is 213 Å². The minimum atomic E-state index is -5.29. The zero-order valence-electron chi connectivity index (χ0n) is 24.8. The van der Waals surface area contributed by atoms with E-state index in [9.17, 15) is 67.1 Å². The van der Waals surface area contributed by atoms with E-state index in [2.05, 4.69) is 0 Å². The van der Waals surface area contributed by atoms with Gasteiger partial charge in [0, 0.05) is 0 Å². The molecule has 0 aromatic heterocycles. The molecule has 0 aliphatic carbocycles. The van der Waals surface area contributed by atoms with Crippen LogP contribution < -0.4 is 71.7 Å². The van der Waals surface area contributed by atoms with Gasteiger partial charge in [0.2, 0.25) is 0 Å². The fourth-order valence-corrected chi connectivity index (χ4v) is 0.420. The van der Waals surface area contributed by atoms with Crippen LogP contribution in [0.5, 0.6) is 0 Å². The van der Waals surface area contributed by atoms with Crippen molar-refractivity contribution in [1.29, 1.82) is 0 Å². The number of alkyl halides is 12. The summed E-state index contributed by atoms with van der Waals surface area (Å²) in [4.78, 5) is 82.4. The molecule has 0 aliphatic heterocycles. The van der Waals surface area contributed by atoms with Gasteiger partial charge in [0.1, 0.15) is 0 Å². The van der Waals surface area contributed by atoms with Crippen molar-refractivity contribution in [2.45, 2.75) is 37.0 Å². The minimum Gasteiger partial charge on any atom is -0.907 e. The van der Waals surface area contributed by atoms with Gasteiger partial charge in [-0.2, -0.15) is 39.5 Å². The zero-order valence-corrected chi connectivity index (χ0v) is 24.8. The van der Waals surface area contributed by atoms with E-state index in [4.69, 9.17) is 89.8 Å². The molecule has 9 N–H and O–H groups in total. The van der Waals surface area contributed by atoms with Crippen molar-refractivity contribution in [3.8, 4) is 0 Å². The van der Waals surface area contributed by atoms with Crippen molar-refractivity contribution in [3.05, 3.63) is 0 Å². The molecule has 0 saturated heterocycles. The quantitative estimate of drug-likeness (QED) is 0.0728. The fraction of sp³-hybridized carbons (Fsp3) is 0.400. The predicted molar refractivity (Wildman–Crippen MR) is 107 cm³/mol. The molecule has 0 bridgehead atoms. The number of halogens is 12. The van der Waals surface area contributed by atoms with Crippen LogP contribution in [0.4, 0.5) is 52.7 Å². The summed E-state index contributed by atoms with van der Waals surface area (Å²) in [5.41, 5.74) is 0. The van der Waals surface area contributed by atoms with Gasteiger partial charge in [0.25, 0.3) is 18.5 Å². The van der Waals surface area contributed by atoms with Gasteiger partial charge in [-0.25, -0.2) is 56.3 Å². The van der Waals surface area contributed by atoms with Gasteiger partial charge in [-0.15, -0.1) is 0 Å². The molecule has 0 radical (unpaired) electrons. The van der Waals surface area contributed by atoms with Crippen LogP contribution in [-0.2, 0) is 43.2 Å². The van der Waals surface area contributed by atoms with E-state index >= 15 is 0 Å². The van der Waals surface area contributed by atoms with Gasteiger partial charge in [0.05, 0.1) is 0 Å². The van der Waals surface area contributed by atoms with Crippen molar-refractivity contribution in [2.75, 3.05) is 0 Å². The number of hydrogen-bond acceptors (Lipinski definition) is 12. The number of hydrogen-bond donors (Lipinski definition) is 9. The molecule has 0 aliphatic rings. The molecule has 37 heteroatoms. The van der Waals surface area contributed by atoms with Gasteiger partial charge >= 0.3 is 129 Å². The molecular formula is C15H12BF12Li3O21. The second kappa shape index (κ2) is 35.5. The van der Waals surface area contributed by atoms with Gasteiger partial charge < -0.3 is 61.0 Å². The van der Waals surface area contributed by atoms with Gasteiger partial charge in [0.15, 0.2) is 0 Å². The zero-order chi connectivity index (χ0) is 42.0. The first-order valence-corrected chi connectivity index (χ1v) is 9.39. The first-order chi connectivity index (χ1) is 21.2. The summed E-state index contributed by atoms with van der Waals surface area (Å²) in [6.07, 6.45) is -27.2. The second-order valence-corrected chi connectivity index (χ2v) is 5.85. The van der Waals surface area contributed by atoms with Crippen molar-refractivity contribution in [3.63, 3.8) is 0 Å². The van der Waals surface area contributed by atoms with Crippen LogP contribution in [0.1, 0.15) is 0 Å². The maximum absolute atomic E-state index is 11.3. The molecule has 0 aromatic rings. The average Bonchev–Trinajstić information content (AvgIpc) is 2.86. The van der Waals surface area contributed by atoms with E-state index in [1.165, 1.54) is 0 Å². The third-order valence-corrected chi connectivity index (χ3v) is 2.06. The number of carboxylic acids is 9. The Kier molecular flexibility index (Phi) is 50.2. The van der Waals surface area contributed by atoms with E-state index in [-0.39, 0.29) is 56.6 Å². The number of aliphatic carboxylic acids is 9. The molecule has 0 saturated carbocycles. The average molecular weight is 788 g/mol. The summed E-state index contributed by atoms with van der Waals surface area (Å²) < 4.78 is 132. The Morgan fingerprint density at radius 3 is 0.442 bits per heavy atom. The van der Waals surface area contributed by atoms with Crippen LogP contribution in [0.15, 0.2) is 0 Å². The standard InChI is InChI=1S/3C3H2F4O2.3C2H2O4.BO3.3Li/c3*4-1(2(8)9)3(5,6)7;3*3-1(4)2(5)6;2-1(3)4;;;/h3*1H,(H,8,9);3*(H,3,4)(H,5,6);;;;/q;;;;;;-3;3*+1. The minimum absolute atomic E-state index is 0. The SMILES string of the molecule is O=C(O)C(=O)O.O=C(O)C(=O)O.O=C(O)C(=O)O.O=C(O)C(F)C(F)(F)F.O=C(O)C(F)C(F)(F)F.O=C(O)C(F)C(F)(F)F.[Li+].[Li+].[Li+].[O-]B([O-])[O-]. The van der Waals surface area contributed by atoms with E-state index in [0.29, 0.717) is 0 Å². The Labute approximate surface area is 311 Å². The van der Waals surface area contributed by atoms with Crippen LogP contribution in [0, 0.1) is 0 Å². The van der Waals surface area contributed by atoms with Crippen LogP contribution in [0.25, 0.3) is 0 Å². The normalized spacial score (nSPS) is 10.9.